The lowest BCUT2D eigenvalue weighted by Gasteiger charge is -2.18. The summed E-state index contributed by atoms with van der Waals surface area (Å²) in [5.41, 5.74) is 0. The van der Waals surface area contributed by atoms with E-state index in [0.29, 0.717) is 6.04 Å². The number of nitrogens with zero attached hydrogens (tertiary/aromatic N) is 2. The third-order valence-corrected chi connectivity index (χ3v) is 2.74. The maximum atomic E-state index is 4.51. The SMILES string of the molecule is CCCNC(CCC)c1nccn1CCC. The zero-order chi connectivity index (χ0) is 11.8. The quantitative estimate of drug-likeness (QED) is 0.734. The minimum absolute atomic E-state index is 0.423. The molecule has 1 rings (SSSR count). The second-order valence-electron chi connectivity index (χ2n) is 4.27. The van der Waals surface area contributed by atoms with Gasteiger partial charge in [0, 0.05) is 18.9 Å². The number of rotatable bonds is 8. The summed E-state index contributed by atoms with van der Waals surface area (Å²) in [6.07, 6.45) is 8.71. The molecule has 1 atom stereocenters. The summed E-state index contributed by atoms with van der Waals surface area (Å²) in [5.74, 6) is 1.21. The summed E-state index contributed by atoms with van der Waals surface area (Å²) in [4.78, 5) is 4.51. The van der Waals surface area contributed by atoms with Crippen LogP contribution in [0.1, 0.15) is 58.3 Å². The molecule has 0 aliphatic rings. The van der Waals surface area contributed by atoms with Crippen molar-refractivity contribution < 1.29 is 0 Å². The van der Waals surface area contributed by atoms with E-state index in [-0.39, 0.29) is 0 Å². The minimum Gasteiger partial charge on any atom is -0.334 e. The van der Waals surface area contributed by atoms with E-state index >= 15 is 0 Å². The van der Waals surface area contributed by atoms with E-state index in [0.717, 1.165) is 19.5 Å². The molecule has 1 aromatic heterocycles. The zero-order valence-electron chi connectivity index (χ0n) is 10.9. The first kappa shape index (κ1) is 13.2. The molecule has 0 spiro atoms. The van der Waals surface area contributed by atoms with Gasteiger partial charge in [-0.05, 0) is 25.8 Å². The van der Waals surface area contributed by atoms with E-state index in [1.165, 1.54) is 25.1 Å². The Morgan fingerprint density at radius 2 is 2.06 bits per heavy atom. The standard InChI is InChI=1S/C13H25N3/c1-4-7-12(14-8-5-2)13-15-9-11-16(13)10-6-3/h9,11-12,14H,4-8,10H2,1-3H3. The van der Waals surface area contributed by atoms with Crippen molar-refractivity contribution in [1.29, 1.82) is 0 Å². The van der Waals surface area contributed by atoms with Gasteiger partial charge in [-0.25, -0.2) is 4.98 Å². The molecule has 3 nitrogen and oxygen atoms in total. The van der Waals surface area contributed by atoms with Crippen LogP contribution in [-0.4, -0.2) is 16.1 Å². The van der Waals surface area contributed by atoms with Gasteiger partial charge in [0.1, 0.15) is 5.82 Å². The van der Waals surface area contributed by atoms with Crippen LogP contribution in [0.2, 0.25) is 0 Å². The largest absolute Gasteiger partial charge is 0.334 e. The first-order chi connectivity index (χ1) is 7.83. The second kappa shape index (κ2) is 7.44. The fourth-order valence-corrected chi connectivity index (χ4v) is 1.99. The third-order valence-electron chi connectivity index (χ3n) is 2.74. The molecular weight excluding hydrogens is 198 g/mol. The lowest BCUT2D eigenvalue weighted by Crippen LogP contribution is -2.25. The van der Waals surface area contributed by atoms with Crippen LogP contribution in [-0.2, 0) is 6.54 Å². The van der Waals surface area contributed by atoms with Crippen molar-refractivity contribution in [2.45, 2.75) is 59.0 Å². The molecule has 92 valence electrons. The number of imidazole rings is 1. The van der Waals surface area contributed by atoms with Crippen molar-refractivity contribution in [3.8, 4) is 0 Å². The maximum Gasteiger partial charge on any atom is 0.125 e. The van der Waals surface area contributed by atoms with Crippen molar-refractivity contribution in [1.82, 2.24) is 14.9 Å². The van der Waals surface area contributed by atoms with E-state index < -0.39 is 0 Å². The molecule has 0 saturated carbocycles. The Morgan fingerprint density at radius 3 is 2.69 bits per heavy atom. The van der Waals surface area contributed by atoms with Gasteiger partial charge in [-0.15, -0.1) is 0 Å². The van der Waals surface area contributed by atoms with Crippen molar-refractivity contribution in [3.05, 3.63) is 18.2 Å². The predicted molar refractivity (Wildman–Crippen MR) is 68.5 cm³/mol. The van der Waals surface area contributed by atoms with Crippen molar-refractivity contribution >= 4 is 0 Å². The summed E-state index contributed by atoms with van der Waals surface area (Å²) in [6.45, 7) is 8.79. The molecule has 0 amide bonds. The molecule has 16 heavy (non-hydrogen) atoms. The number of nitrogens with one attached hydrogen (secondary N) is 1. The average Bonchev–Trinajstić information content (AvgIpc) is 2.73. The fraction of sp³-hybridized carbons (Fsp3) is 0.769. The van der Waals surface area contributed by atoms with Crippen LogP contribution in [0.25, 0.3) is 0 Å². The van der Waals surface area contributed by atoms with Gasteiger partial charge in [-0.2, -0.15) is 0 Å². The maximum absolute atomic E-state index is 4.51. The molecule has 0 fully saturated rings. The van der Waals surface area contributed by atoms with Gasteiger partial charge in [0.15, 0.2) is 0 Å². The number of hydrogen-bond donors (Lipinski definition) is 1. The predicted octanol–water partition coefficient (Wildman–Crippen LogP) is 3.13. The zero-order valence-corrected chi connectivity index (χ0v) is 10.9. The third kappa shape index (κ3) is 3.63. The molecule has 0 aliphatic carbocycles. The molecule has 1 aromatic rings. The summed E-state index contributed by atoms with van der Waals surface area (Å²) in [7, 11) is 0. The summed E-state index contributed by atoms with van der Waals surface area (Å²) < 4.78 is 2.28. The molecule has 0 bridgehead atoms. The Bertz CT molecular complexity index is 280. The average molecular weight is 223 g/mol. The number of aromatic nitrogens is 2. The molecule has 0 aliphatic heterocycles. The van der Waals surface area contributed by atoms with Gasteiger partial charge in [-0.1, -0.05) is 27.2 Å². The Labute approximate surface area is 99.3 Å². The van der Waals surface area contributed by atoms with Crippen LogP contribution in [0.5, 0.6) is 0 Å². The molecule has 1 heterocycles. The Hall–Kier alpha value is -0.830. The lowest BCUT2D eigenvalue weighted by molar-refractivity contribution is 0.449. The topological polar surface area (TPSA) is 29.9 Å². The van der Waals surface area contributed by atoms with E-state index in [9.17, 15) is 0 Å². The normalized spacial score (nSPS) is 12.9. The van der Waals surface area contributed by atoms with Crippen LogP contribution >= 0.6 is 0 Å². The Morgan fingerprint density at radius 1 is 1.25 bits per heavy atom. The first-order valence-corrected chi connectivity index (χ1v) is 6.57. The van der Waals surface area contributed by atoms with Crippen molar-refractivity contribution in [2.75, 3.05) is 6.54 Å². The summed E-state index contributed by atoms with van der Waals surface area (Å²) in [6, 6.07) is 0.423. The van der Waals surface area contributed by atoms with Crippen LogP contribution in [0.4, 0.5) is 0 Å². The van der Waals surface area contributed by atoms with E-state index in [2.05, 4.69) is 41.8 Å². The molecular formula is C13H25N3. The van der Waals surface area contributed by atoms with Gasteiger partial charge in [-0.3, -0.25) is 0 Å². The van der Waals surface area contributed by atoms with E-state index in [1.54, 1.807) is 0 Å². The van der Waals surface area contributed by atoms with Gasteiger partial charge < -0.3 is 9.88 Å². The van der Waals surface area contributed by atoms with Crippen LogP contribution in [0, 0.1) is 0 Å². The van der Waals surface area contributed by atoms with Crippen LogP contribution in [0.15, 0.2) is 12.4 Å². The number of hydrogen-bond acceptors (Lipinski definition) is 2. The van der Waals surface area contributed by atoms with Gasteiger partial charge in [0.25, 0.3) is 0 Å². The Kier molecular flexibility index (Phi) is 6.16. The fourth-order valence-electron chi connectivity index (χ4n) is 1.99. The summed E-state index contributed by atoms with van der Waals surface area (Å²) >= 11 is 0. The van der Waals surface area contributed by atoms with Crippen LogP contribution in [0.3, 0.4) is 0 Å². The van der Waals surface area contributed by atoms with Gasteiger partial charge in [0.05, 0.1) is 6.04 Å². The van der Waals surface area contributed by atoms with Crippen LogP contribution < -0.4 is 5.32 Å². The highest BCUT2D eigenvalue weighted by atomic mass is 15.1. The molecule has 3 heteroatoms. The van der Waals surface area contributed by atoms with E-state index in [1.807, 2.05) is 6.20 Å². The molecule has 0 radical (unpaired) electrons. The molecule has 0 saturated heterocycles. The molecule has 0 aromatic carbocycles. The van der Waals surface area contributed by atoms with Gasteiger partial charge in [0.2, 0.25) is 0 Å². The second-order valence-corrected chi connectivity index (χ2v) is 4.27. The van der Waals surface area contributed by atoms with Crippen molar-refractivity contribution in [2.24, 2.45) is 0 Å². The minimum atomic E-state index is 0.423. The smallest absolute Gasteiger partial charge is 0.125 e. The highest BCUT2D eigenvalue weighted by molar-refractivity contribution is 4.99. The number of aryl methyl sites for hydroxylation is 1. The van der Waals surface area contributed by atoms with E-state index in [4.69, 9.17) is 0 Å². The molecule has 1 N–H and O–H groups in total. The highest BCUT2D eigenvalue weighted by Gasteiger charge is 2.14. The molecule has 1 unspecified atom stereocenters. The van der Waals surface area contributed by atoms with Gasteiger partial charge >= 0.3 is 0 Å². The highest BCUT2D eigenvalue weighted by Crippen LogP contribution is 2.17. The monoisotopic (exact) mass is 223 g/mol. The van der Waals surface area contributed by atoms with Crippen molar-refractivity contribution in [3.63, 3.8) is 0 Å². The summed E-state index contributed by atoms with van der Waals surface area (Å²) in [5, 5.41) is 3.59. The lowest BCUT2D eigenvalue weighted by atomic mass is 10.1. The Balaban J connectivity index is 2.70. The first-order valence-electron chi connectivity index (χ1n) is 6.57.